The Balaban J connectivity index is 3.97. The highest BCUT2D eigenvalue weighted by Crippen LogP contribution is 2.19. The molecule has 0 fully saturated rings. The molecular weight excluding hydrogens is 520 g/mol. The maximum atomic E-state index is 12.6. The molecule has 0 rings (SSSR count). The van der Waals surface area contributed by atoms with Gasteiger partial charge in [0.15, 0.2) is 0 Å². The fourth-order valence-corrected chi connectivity index (χ4v) is 5.71. The molecule has 0 radical (unpaired) electrons. The summed E-state index contributed by atoms with van der Waals surface area (Å²) in [6.07, 6.45) is 40.9. The molecule has 0 saturated carbocycles. The molecule has 1 atom stereocenters. The summed E-state index contributed by atoms with van der Waals surface area (Å²) in [6, 6.07) is 0. The van der Waals surface area contributed by atoms with Crippen LogP contribution in [0.15, 0.2) is 12.2 Å². The van der Waals surface area contributed by atoms with E-state index in [1.165, 1.54) is 135 Å². The number of carbonyl (C=O) groups excluding carboxylic acids is 1. The zero-order chi connectivity index (χ0) is 30.8. The Hall–Kier alpha value is -1.32. The van der Waals surface area contributed by atoms with Crippen molar-refractivity contribution in [1.82, 2.24) is 0 Å². The van der Waals surface area contributed by atoms with Crippen LogP contribution < -0.4 is 0 Å². The Labute approximate surface area is 262 Å². The molecule has 0 spiro atoms. The Morgan fingerprint density at radius 1 is 0.500 bits per heavy atom. The first-order chi connectivity index (χ1) is 20.6. The van der Waals surface area contributed by atoms with Gasteiger partial charge in [-0.2, -0.15) is 0 Å². The van der Waals surface area contributed by atoms with Gasteiger partial charge < -0.3 is 9.84 Å². The van der Waals surface area contributed by atoms with Gasteiger partial charge in [0.2, 0.25) is 0 Å². The second-order valence-electron chi connectivity index (χ2n) is 12.8. The minimum Gasteiger partial charge on any atom is -0.481 e. The van der Waals surface area contributed by atoms with Crippen molar-refractivity contribution >= 4 is 11.9 Å². The van der Waals surface area contributed by atoms with Crippen molar-refractivity contribution < 1.29 is 19.4 Å². The zero-order valence-electron chi connectivity index (χ0n) is 28.3. The maximum Gasteiger partial charge on any atom is 0.306 e. The molecule has 1 N–H and O–H groups in total. The topological polar surface area (TPSA) is 63.6 Å². The molecule has 0 aliphatic heterocycles. The minimum atomic E-state index is -0.686. The summed E-state index contributed by atoms with van der Waals surface area (Å²) in [5.41, 5.74) is 0. The summed E-state index contributed by atoms with van der Waals surface area (Å²) in [5, 5.41) is 8.74. The average Bonchev–Trinajstić information content (AvgIpc) is 2.97. The molecule has 0 aromatic rings. The quantitative estimate of drug-likeness (QED) is 0.0458. The smallest absolute Gasteiger partial charge is 0.306 e. The van der Waals surface area contributed by atoms with E-state index in [9.17, 15) is 9.59 Å². The number of ether oxygens (including phenoxy) is 1. The molecule has 248 valence electrons. The molecule has 1 unspecified atom stereocenters. The Kier molecular flexibility index (Phi) is 33.1. The maximum absolute atomic E-state index is 12.6. The normalized spacial score (nSPS) is 12.2. The van der Waals surface area contributed by atoms with E-state index in [-0.39, 0.29) is 12.1 Å². The van der Waals surface area contributed by atoms with Crippen molar-refractivity contribution in [2.75, 3.05) is 0 Å². The largest absolute Gasteiger partial charge is 0.481 e. The molecule has 0 aromatic heterocycles. The first-order valence-electron chi connectivity index (χ1n) is 18.7. The number of rotatable bonds is 34. The third-order valence-corrected chi connectivity index (χ3v) is 8.49. The van der Waals surface area contributed by atoms with Gasteiger partial charge in [0.05, 0.1) is 0 Å². The Bertz CT molecular complexity index is 600. The van der Waals surface area contributed by atoms with Crippen molar-refractivity contribution in [2.45, 2.75) is 219 Å². The van der Waals surface area contributed by atoms with Crippen LogP contribution in [0.4, 0.5) is 0 Å². The highest BCUT2D eigenvalue weighted by Gasteiger charge is 2.14. The van der Waals surface area contributed by atoms with Gasteiger partial charge in [0.1, 0.15) is 6.10 Å². The number of esters is 1. The van der Waals surface area contributed by atoms with Crippen molar-refractivity contribution in [2.24, 2.45) is 0 Å². The highest BCUT2D eigenvalue weighted by atomic mass is 16.5. The van der Waals surface area contributed by atoms with E-state index in [1.807, 2.05) is 0 Å². The number of unbranched alkanes of at least 4 members (excludes halogenated alkanes) is 23. The molecule has 0 aliphatic carbocycles. The van der Waals surface area contributed by atoms with Crippen LogP contribution in [0, 0.1) is 0 Å². The lowest BCUT2D eigenvalue weighted by Crippen LogP contribution is -2.18. The lowest BCUT2D eigenvalue weighted by molar-refractivity contribution is -0.150. The van der Waals surface area contributed by atoms with Crippen LogP contribution in [0.2, 0.25) is 0 Å². The van der Waals surface area contributed by atoms with Gasteiger partial charge in [-0.25, -0.2) is 0 Å². The van der Waals surface area contributed by atoms with Crippen LogP contribution in [0.1, 0.15) is 213 Å². The molecule has 4 heteroatoms. The van der Waals surface area contributed by atoms with Gasteiger partial charge in [-0.1, -0.05) is 148 Å². The van der Waals surface area contributed by atoms with E-state index in [4.69, 9.17) is 9.84 Å². The fourth-order valence-electron chi connectivity index (χ4n) is 5.71. The van der Waals surface area contributed by atoms with Crippen LogP contribution in [-0.4, -0.2) is 23.1 Å². The van der Waals surface area contributed by atoms with Gasteiger partial charge in [-0.05, 0) is 64.2 Å². The second kappa shape index (κ2) is 34.2. The number of aliphatic carboxylic acids is 1. The monoisotopic (exact) mass is 593 g/mol. The van der Waals surface area contributed by atoms with Gasteiger partial charge >= 0.3 is 11.9 Å². The molecule has 0 amide bonds. The summed E-state index contributed by atoms with van der Waals surface area (Å²) >= 11 is 0. The van der Waals surface area contributed by atoms with E-state index in [2.05, 4.69) is 26.0 Å². The molecule has 4 nitrogen and oxygen atoms in total. The van der Waals surface area contributed by atoms with Crippen molar-refractivity contribution in [3.05, 3.63) is 12.2 Å². The third-order valence-electron chi connectivity index (χ3n) is 8.49. The van der Waals surface area contributed by atoms with E-state index < -0.39 is 5.97 Å². The number of carboxylic acids is 1. The van der Waals surface area contributed by atoms with Gasteiger partial charge in [0, 0.05) is 12.8 Å². The Morgan fingerprint density at radius 3 is 1.29 bits per heavy atom. The number of allylic oxidation sites excluding steroid dienone is 2. The number of carboxylic acid groups (broad SMARTS) is 1. The number of hydrogen-bond acceptors (Lipinski definition) is 3. The van der Waals surface area contributed by atoms with Gasteiger partial charge in [0.25, 0.3) is 0 Å². The summed E-state index contributed by atoms with van der Waals surface area (Å²) in [4.78, 5) is 23.2. The average molecular weight is 593 g/mol. The van der Waals surface area contributed by atoms with Gasteiger partial charge in [-0.15, -0.1) is 0 Å². The molecular formula is C38H72O4. The van der Waals surface area contributed by atoms with Crippen LogP contribution >= 0.6 is 0 Å². The van der Waals surface area contributed by atoms with E-state index >= 15 is 0 Å². The standard InChI is InChI=1S/C38H72O4/c1-3-5-7-9-11-12-13-14-15-16-17-18-23-27-31-35-38(41)42-36(32-28-24-20-10-8-6-4-2)33-29-25-21-19-22-26-30-34-37(39)40/h14-15,36H,3-13,16-35H2,1-2H3,(H,39,40)/b15-14-. The van der Waals surface area contributed by atoms with Crippen LogP contribution in [0.3, 0.4) is 0 Å². The van der Waals surface area contributed by atoms with Crippen LogP contribution in [-0.2, 0) is 14.3 Å². The summed E-state index contributed by atoms with van der Waals surface area (Å²) in [5.74, 6) is -0.673. The van der Waals surface area contributed by atoms with Crippen LogP contribution in [0.25, 0.3) is 0 Å². The molecule has 42 heavy (non-hydrogen) atoms. The summed E-state index contributed by atoms with van der Waals surface area (Å²) < 4.78 is 5.99. The molecule has 0 bridgehead atoms. The summed E-state index contributed by atoms with van der Waals surface area (Å²) in [6.45, 7) is 4.53. The first kappa shape index (κ1) is 40.7. The summed E-state index contributed by atoms with van der Waals surface area (Å²) in [7, 11) is 0. The molecule has 0 saturated heterocycles. The second-order valence-corrected chi connectivity index (χ2v) is 12.8. The van der Waals surface area contributed by atoms with Crippen molar-refractivity contribution in [3.8, 4) is 0 Å². The zero-order valence-corrected chi connectivity index (χ0v) is 28.3. The predicted molar refractivity (Wildman–Crippen MR) is 181 cm³/mol. The first-order valence-corrected chi connectivity index (χ1v) is 18.7. The SMILES string of the molecule is CCCCCCCC/C=C\CCCCCCCC(=O)OC(CCCCCCCCC)CCCCCCCCCC(=O)O. The predicted octanol–water partition coefficient (Wildman–Crippen LogP) is 12.7. The Morgan fingerprint density at radius 2 is 0.857 bits per heavy atom. The lowest BCUT2D eigenvalue weighted by atomic mass is 10.0. The van der Waals surface area contributed by atoms with Gasteiger partial charge in [-0.3, -0.25) is 9.59 Å². The van der Waals surface area contributed by atoms with Crippen molar-refractivity contribution in [3.63, 3.8) is 0 Å². The fraction of sp³-hybridized carbons (Fsp3) is 0.895. The van der Waals surface area contributed by atoms with E-state index in [0.717, 1.165) is 51.4 Å². The molecule has 0 heterocycles. The molecule has 0 aromatic carbocycles. The third kappa shape index (κ3) is 33.2. The highest BCUT2D eigenvalue weighted by molar-refractivity contribution is 5.69. The minimum absolute atomic E-state index is 0.0130. The lowest BCUT2D eigenvalue weighted by Gasteiger charge is -2.18. The van der Waals surface area contributed by atoms with Crippen LogP contribution in [0.5, 0.6) is 0 Å². The van der Waals surface area contributed by atoms with Crippen molar-refractivity contribution in [1.29, 1.82) is 0 Å². The van der Waals surface area contributed by atoms with E-state index in [0.29, 0.717) is 12.8 Å². The van der Waals surface area contributed by atoms with E-state index in [1.54, 1.807) is 0 Å². The molecule has 0 aliphatic rings. The number of hydrogen-bond donors (Lipinski definition) is 1. The number of carbonyl (C=O) groups is 2.